The SMILES string of the molecule is CCc1ccc(OC(C)C(=O)N2CCN(C(=O)CNCC3CC3)CC2)cc1. The van der Waals surface area contributed by atoms with Crippen molar-refractivity contribution >= 4 is 11.8 Å². The minimum Gasteiger partial charge on any atom is -0.481 e. The second kappa shape index (κ2) is 9.22. The summed E-state index contributed by atoms with van der Waals surface area (Å²) in [6, 6.07) is 7.87. The Bertz CT molecular complexity index is 635. The van der Waals surface area contributed by atoms with E-state index in [4.69, 9.17) is 4.74 Å². The van der Waals surface area contributed by atoms with Gasteiger partial charge in [-0.2, -0.15) is 0 Å². The highest BCUT2D eigenvalue weighted by molar-refractivity contribution is 5.82. The second-order valence-electron chi connectivity index (χ2n) is 7.54. The zero-order valence-electron chi connectivity index (χ0n) is 16.4. The first-order chi connectivity index (χ1) is 13.1. The highest BCUT2D eigenvalue weighted by Gasteiger charge is 2.28. The molecule has 2 fully saturated rings. The number of piperazine rings is 1. The Kier molecular flexibility index (Phi) is 6.72. The zero-order chi connectivity index (χ0) is 19.2. The largest absolute Gasteiger partial charge is 0.481 e. The van der Waals surface area contributed by atoms with Crippen LogP contribution in [0.1, 0.15) is 32.3 Å². The number of hydrogen-bond acceptors (Lipinski definition) is 4. The molecule has 1 unspecified atom stereocenters. The lowest BCUT2D eigenvalue weighted by Gasteiger charge is -2.36. The van der Waals surface area contributed by atoms with Crippen LogP contribution in [0.2, 0.25) is 0 Å². The molecular weight excluding hydrogens is 342 g/mol. The third-order valence-electron chi connectivity index (χ3n) is 5.34. The predicted octanol–water partition coefficient (Wildman–Crippen LogP) is 1.69. The van der Waals surface area contributed by atoms with E-state index < -0.39 is 6.10 Å². The molecule has 27 heavy (non-hydrogen) atoms. The minimum absolute atomic E-state index is 0.0199. The first kappa shape index (κ1) is 19.7. The maximum atomic E-state index is 12.6. The number of rotatable bonds is 8. The number of hydrogen-bond donors (Lipinski definition) is 1. The Morgan fingerprint density at radius 1 is 1.11 bits per heavy atom. The predicted molar refractivity (Wildman–Crippen MR) is 105 cm³/mol. The van der Waals surface area contributed by atoms with Gasteiger partial charge in [0.1, 0.15) is 5.75 Å². The van der Waals surface area contributed by atoms with Gasteiger partial charge < -0.3 is 19.9 Å². The van der Waals surface area contributed by atoms with Crippen LogP contribution in [0.4, 0.5) is 0 Å². The van der Waals surface area contributed by atoms with E-state index in [0.717, 1.165) is 18.9 Å². The molecule has 2 aliphatic rings. The van der Waals surface area contributed by atoms with Crippen LogP contribution in [0.15, 0.2) is 24.3 Å². The highest BCUT2D eigenvalue weighted by Crippen LogP contribution is 2.27. The summed E-state index contributed by atoms with van der Waals surface area (Å²) in [5.41, 5.74) is 1.24. The highest BCUT2D eigenvalue weighted by atomic mass is 16.5. The first-order valence-corrected chi connectivity index (χ1v) is 10.1. The summed E-state index contributed by atoms with van der Waals surface area (Å²) >= 11 is 0. The molecule has 1 aliphatic heterocycles. The molecule has 0 bridgehead atoms. The van der Waals surface area contributed by atoms with Gasteiger partial charge >= 0.3 is 0 Å². The fourth-order valence-corrected chi connectivity index (χ4v) is 3.31. The van der Waals surface area contributed by atoms with Gasteiger partial charge in [-0.15, -0.1) is 0 Å². The Hall–Kier alpha value is -2.08. The molecule has 1 heterocycles. The van der Waals surface area contributed by atoms with Crippen LogP contribution in [0.5, 0.6) is 5.75 Å². The van der Waals surface area contributed by atoms with Crippen molar-refractivity contribution < 1.29 is 14.3 Å². The van der Waals surface area contributed by atoms with Gasteiger partial charge in [0.15, 0.2) is 6.10 Å². The zero-order valence-corrected chi connectivity index (χ0v) is 16.4. The maximum absolute atomic E-state index is 12.6. The molecule has 148 valence electrons. The molecule has 1 aromatic rings. The van der Waals surface area contributed by atoms with E-state index in [1.807, 2.05) is 29.2 Å². The molecule has 1 atom stereocenters. The number of nitrogens with zero attached hydrogens (tertiary/aromatic N) is 2. The molecule has 1 aliphatic carbocycles. The molecule has 1 N–H and O–H groups in total. The molecule has 3 rings (SSSR count). The van der Waals surface area contributed by atoms with E-state index in [0.29, 0.717) is 38.5 Å². The lowest BCUT2D eigenvalue weighted by Crippen LogP contribution is -2.54. The maximum Gasteiger partial charge on any atom is 0.263 e. The van der Waals surface area contributed by atoms with Gasteiger partial charge in [0, 0.05) is 26.2 Å². The van der Waals surface area contributed by atoms with E-state index in [1.54, 1.807) is 11.8 Å². The van der Waals surface area contributed by atoms with Crippen molar-refractivity contribution in [2.75, 3.05) is 39.3 Å². The first-order valence-electron chi connectivity index (χ1n) is 10.1. The number of carbonyl (C=O) groups is 2. The Balaban J connectivity index is 1.40. The lowest BCUT2D eigenvalue weighted by atomic mass is 10.2. The van der Waals surface area contributed by atoms with Crippen molar-refractivity contribution in [3.8, 4) is 5.75 Å². The van der Waals surface area contributed by atoms with Crippen molar-refractivity contribution in [3.05, 3.63) is 29.8 Å². The number of nitrogens with one attached hydrogen (secondary N) is 1. The van der Waals surface area contributed by atoms with Crippen LogP contribution in [0.3, 0.4) is 0 Å². The third-order valence-corrected chi connectivity index (χ3v) is 5.34. The third kappa shape index (κ3) is 5.70. The fourth-order valence-electron chi connectivity index (χ4n) is 3.31. The van der Waals surface area contributed by atoms with E-state index in [9.17, 15) is 9.59 Å². The van der Waals surface area contributed by atoms with Gasteiger partial charge in [-0.05, 0) is 56.3 Å². The molecule has 6 nitrogen and oxygen atoms in total. The van der Waals surface area contributed by atoms with E-state index in [1.165, 1.54) is 18.4 Å². The van der Waals surface area contributed by atoms with E-state index >= 15 is 0 Å². The van der Waals surface area contributed by atoms with Gasteiger partial charge in [-0.3, -0.25) is 9.59 Å². The summed E-state index contributed by atoms with van der Waals surface area (Å²) in [5, 5.41) is 3.24. The van der Waals surface area contributed by atoms with Crippen LogP contribution in [0.25, 0.3) is 0 Å². The summed E-state index contributed by atoms with van der Waals surface area (Å²) in [5.74, 6) is 1.59. The Morgan fingerprint density at radius 3 is 2.33 bits per heavy atom. The Labute approximate surface area is 161 Å². The fraction of sp³-hybridized carbons (Fsp3) is 0.619. The monoisotopic (exact) mass is 373 g/mol. The van der Waals surface area contributed by atoms with Crippen LogP contribution >= 0.6 is 0 Å². The van der Waals surface area contributed by atoms with Crippen molar-refractivity contribution in [1.29, 1.82) is 0 Å². The standard InChI is InChI=1S/C21H31N3O3/c1-3-17-6-8-19(9-7-17)27-16(2)21(26)24-12-10-23(11-13-24)20(25)15-22-14-18-4-5-18/h6-9,16,18,22H,3-5,10-15H2,1-2H3. The minimum atomic E-state index is -0.528. The number of aryl methyl sites for hydroxylation is 1. The molecular formula is C21H31N3O3. The molecule has 1 aromatic carbocycles. The summed E-state index contributed by atoms with van der Waals surface area (Å²) in [6.45, 7) is 7.55. The number of benzene rings is 1. The molecule has 6 heteroatoms. The average Bonchev–Trinajstić information content (AvgIpc) is 3.52. The van der Waals surface area contributed by atoms with Gasteiger partial charge in [0.2, 0.25) is 5.91 Å². The molecule has 0 spiro atoms. The van der Waals surface area contributed by atoms with Gasteiger partial charge in [0.05, 0.1) is 6.54 Å². The van der Waals surface area contributed by atoms with E-state index in [-0.39, 0.29) is 11.8 Å². The topological polar surface area (TPSA) is 61.9 Å². The number of ether oxygens (including phenoxy) is 1. The second-order valence-corrected chi connectivity index (χ2v) is 7.54. The van der Waals surface area contributed by atoms with Crippen LogP contribution in [0, 0.1) is 5.92 Å². The normalized spacial score (nSPS) is 18.3. The number of carbonyl (C=O) groups excluding carboxylic acids is 2. The molecule has 2 amide bonds. The smallest absolute Gasteiger partial charge is 0.263 e. The summed E-state index contributed by atoms with van der Waals surface area (Å²) in [7, 11) is 0. The van der Waals surface area contributed by atoms with Crippen molar-refractivity contribution in [3.63, 3.8) is 0 Å². The molecule has 0 radical (unpaired) electrons. The number of amides is 2. The summed E-state index contributed by atoms with van der Waals surface area (Å²) in [6.07, 6.45) is 3.02. The van der Waals surface area contributed by atoms with E-state index in [2.05, 4.69) is 12.2 Å². The average molecular weight is 373 g/mol. The quantitative estimate of drug-likeness (QED) is 0.753. The van der Waals surface area contributed by atoms with Crippen LogP contribution in [-0.2, 0) is 16.0 Å². The Morgan fingerprint density at radius 2 is 1.74 bits per heavy atom. The van der Waals surface area contributed by atoms with Crippen molar-refractivity contribution in [1.82, 2.24) is 15.1 Å². The van der Waals surface area contributed by atoms with Crippen LogP contribution in [-0.4, -0.2) is 67.0 Å². The van der Waals surface area contributed by atoms with Crippen LogP contribution < -0.4 is 10.1 Å². The molecule has 0 aromatic heterocycles. The van der Waals surface area contributed by atoms with Gasteiger partial charge in [-0.1, -0.05) is 19.1 Å². The van der Waals surface area contributed by atoms with Gasteiger partial charge in [0.25, 0.3) is 5.91 Å². The molecule has 1 saturated heterocycles. The summed E-state index contributed by atoms with van der Waals surface area (Å²) < 4.78 is 5.80. The van der Waals surface area contributed by atoms with Crippen molar-refractivity contribution in [2.24, 2.45) is 5.92 Å². The molecule has 1 saturated carbocycles. The lowest BCUT2D eigenvalue weighted by molar-refractivity contribution is -0.143. The summed E-state index contributed by atoms with van der Waals surface area (Å²) in [4.78, 5) is 28.5. The van der Waals surface area contributed by atoms with Crippen molar-refractivity contribution in [2.45, 2.75) is 39.2 Å². The van der Waals surface area contributed by atoms with Gasteiger partial charge in [-0.25, -0.2) is 0 Å².